The zero-order valence-electron chi connectivity index (χ0n) is 11.6. The van der Waals surface area contributed by atoms with Gasteiger partial charge >= 0.3 is 0 Å². The molecule has 0 aliphatic carbocycles. The van der Waals surface area contributed by atoms with E-state index in [9.17, 15) is 5.11 Å². The summed E-state index contributed by atoms with van der Waals surface area (Å²) >= 11 is 0. The van der Waals surface area contributed by atoms with E-state index in [1.807, 2.05) is 19.1 Å². The van der Waals surface area contributed by atoms with E-state index in [-0.39, 0.29) is 5.92 Å². The highest BCUT2D eigenvalue weighted by Crippen LogP contribution is 2.29. The van der Waals surface area contributed by atoms with Crippen LogP contribution in [0.15, 0.2) is 18.2 Å². The maximum atomic E-state index is 10.5. The summed E-state index contributed by atoms with van der Waals surface area (Å²) < 4.78 is 5.35. The van der Waals surface area contributed by atoms with Crippen LogP contribution in [-0.4, -0.2) is 17.8 Å². The van der Waals surface area contributed by atoms with Crippen molar-refractivity contribution in [3.63, 3.8) is 0 Å². The number of aryl methyl sites for hydroxylation is 1. The predicted molar refractivity (Wildman–Crippen MR) is 71.5 cm³/mol. The number of methoxy groups -OCH3 is 1. The van der Waals surface area contributed by atoms with Crippen LogP contribution in [0.5, 0.6) is 5.75 Å². The van der Waals surface area contributed by atoms with Crippen molar-refractivity contribution in [2.75, 3.05) is 7.11 Å². The largest absolute Gasteiger partial charge is 0.496 e. The van der Waals surface area contributed by atoms with Gasteiger partial charge in [0.1, 0.15) is 5.75 Å². The Morgan fingerprint density at radius 1 is 1.41 bits per heavy atom. The van der Waals surface area contributed by atoms with Gasteiger partial charge in [-0.15, -0.1) is 0 Å². The van der Waals surface area contributed by atoms with E-state index in [0.717, 1.165) is 17.7 Å². The van der Waals surface area contributed by atoms with E-state index in [0.29, 0.717) is 6.42 Å². The van der Waals surface area contributed by atoms with Gasteiger partial charge in [0.15, 0.2) is 0 Å². The van der Waals surface area contributed by atoms with Gasteiger partial charge in [0, 0.05) is 6.42 Å². The Hall–Kier alpha value is -1.02. The summed E-state index contributed by atoms with van der Waals surface area (Å²) in [6, 6.07) is 6.09. The fraction of sp³-hybridized carbons (Fsp3) is 0.600. The van der Waals surface area contributed by atoms with Gasteiger partial charge in [-0.1, -0.05) is 38.0 Å². The van der Waals surface area contributed by atoms with Crippen molar-refractivity contribution < 1.29 is 9.84 Å². The highest BCUT2D eigenvalue weighted by molar-refractivity contribution is 5.37. The molecule has 0 aliphatic rings. The van der Waals surface area contributed by atoms with Gasteiger partial charge in [-0.25, -0.2) is 0 Å². The first-order valence-electron chi connectivity index (χ1n) is 6.26. The second-order valence-electron chi connectivity index (χ2n) is 5.16. The number of rotatable bonds is 5. The molecule has 0 saturated carbocycles. The molecule has 17 heavy (non-hydrogen) atoms. The maximum Gasteiger partial charge on any atom is 0.122 e. The average Bonchev–Trinajstić information content (AvgIpc) is 2.27. The van der Waals surface area contributed by atoms with Crippen molar-refractivity contribution >= 4 is 0 Å². The third-order valence-corrected chi connectivity index (χ3v) is 3.66. The minimum atomic E-state index is -0.685. The molecule has 1 aromatic rings. The third kappa shape index (κ3) is 3.47. The van der Waals surface area contributed by atoms with Gasteiger partial charge in [0.25, 0.3) is 0 Å². The molecule has 0 aliphatic heterocycles. The zero-order chi connectivity index (χ0) is 13.1. The Morgan fingerprint density at radius 2 is 2.06 bits per heavy atom. The second kappa shape index (κ2) is 5.54. The first-order valence-corrected chi connectivity index (χ1v) is 6.26. The standard InChI is InChI=1S/C15H24O2/c1-6-12(3)15(4,16)10-13-9-11(2)7-8-14(13)17-5/h7-9,12,16H,6,10H2,1-5H3. The molecular formula is C15H24O2. The Morgan fingerprint density at radius 3 is 2.59 bits per heavy atom. The molecule has 96 valence electrons. The summed E-state index contributed by atoms with van der Waals surface area (Å²) in [5.74, 6) is 1.13. The normalized spacial score (nSPS) is 16.4. The first-order chi connectivity index (χ1) is 7.90. The smallest absolute Gasteiger partial charge is 0.122 e. The van der Waals surface area contributed by atoms with Crippen molar-refractivity contribution in [2.45, 2.75) is 46.1 Å². The number of hydrogen-bond acceptors (Lipinski definition) is 2. The van der Waals surface area contributed by atoms with Crippen LogP contribution >= 0.6 is 0 Å². The summed E-state index contributed by atoms with van der Waals surface area (Å²) in [5, 5.41) is 10.5. The van der Waals surface area contributed by atoms with Crippen LogP contribution in [0.25, 0.3) is 0 Å². The number of ether oxygens (including phenoxy) is 1. The van der Waals surface area contributed by atoms with Gasteiger partial charge < -0.3 is 9.84 Å². The average molecular weight is 236 g/mol. The Labute approximate surface area is 105 Å². The Kier molecular flexibility index (Phi) is 4.58. The monoisotopic (exact) mass is 236 g/mol. The summed E-state index contributed by atoms with van der Waals surface area (Å²) in [6.45, 7) is 8.15. The van der Waals surface area contributed by atoms with Crippen LogP contribution in [0.1, 0.15) is 38.3 Å². The minimum absolute atomic E-state index is 0.271. The van der Waals surface area contributed by atoms with Crippen LogP contribution in [0.4, 0.5) is 0 Å². The van der Waals surface area contributed by atoms with Gasteiger partial charge in [0.05, 0.1) is 12.7 Å². The van der Waals surface area contributed by atoms with E-state index < -0.39 is 5.60 Å². The molecule has 0 saturated heterocycles. The minimum Gasteiger partial charge on any atom is -0.496 e. The van der Waals surface area contributed by atoms with Gasteiger partial charge in [-0.2, -0.15) is 0 Å². The lowest BCUT2D eigenvalue weighted by Gasteiger charge is -2.30. The van der Waals surface area contributed by atoms with Crippen molar-refractivity contribution in [3.05, 3.63) is 29.3 Å². The molecule has 0 aromatic heterocycles. The van der Waals surface area contributed by atoms with Crippen LogP contribution < -0.4 is 4.74 Å². The molecule has 1 rings (SSSR count). The van der Waals surface area contributed by atoms with E-state index in [1.165, 1.54) is 5.56 Å². The quantitative estimate of drug-likeness (QED) is 0.849. The highest BCUT2D eigenvalue weighted by atomic mass is 16.5. The van der Waals surface area contributed by atoms with Crippen molar-refractivity contribution in [2.24, 2.45) is 5.92 Å². The topological polar surface area (TPSA) is 29.5 Å². The number of aliphatic hydroxyl groups is 1. The molecule has 2 heteroatoms. The van der Waals surface area contributed by atoms with E-state index >= 15 is 0 Å². The van der Waals surface area contributed by atoms with Crippen molar-refractivity contribution in [1.29, 1.82) is 0 Å². The SMILES string of the molecule is CCC(C)C(C)(O)Cc1cc(C)ccc1OC. The van der Waals surface area contributed by atoms with E-state index in [1.54, 1.807) is 7.11 Å². The molecule has 0 spiro atoms. The van der Waals surface area contributed by atoms with Crippen LogP contribution in [0.2, 0.25) is 0 Å². The molecule has 1 N–H and O–H groups in total. The lowest BCUT2D eigenvalue weighted by molar-refractivity contribution is 0.00471. The zero-order valence-corrected chi connectivity index (χ0v) is 11.6. The van der Waals surface area contributed by atoms with Gasteiger partial charge in [-0.05, 0) is 31.4 Å². The Bertz CT molecular complexity index is 369. The van der Waals surface area contributed by atoms with Gasteiger partial charge in [0.2, 0.25) is 0 Å². The molecule has 0 fully saturated rings. The van der Waals surface area contributed by atoms with Gasteiger partial charge in [-0.3, -0.25) is 0 Å². The summed E-state index contributed by atoms with van der Waals surface area (Å²) in [4.78, 5) is 0. The van der Waals surface area contributed by atoms with E-state index in [4.69, 9.17) is 4.74 Å². The molecule has 2 atom stereocenters. The fourth-order valence-electron chi connectivity index (χ4n) is 2.05. The van der Waals surface area contributed by atoms with Crippen LogP contribution in [-0.2, 0) is 6.42 Å². The van der Waals surface area contributed by atoms with Crippen molar-refractivity contribution in [1.82, 2.24) is 0 Å². The maximum absolute atomic E-state index is 10.5. The molecule has 0 bridgehead atoms. The number of hydrogen-bond donors (Lipinski definition) is 1. The fourth-order valence-corrected chi connectivity index (χ4v) is 2.05. The summed E-state index contributed by atoms with van der Waals surface area (Å²) in [5.41, 5.74) is 1.59. The Balaban J connectivity index is 2.97. The van der Waals surface area contributed by atoms with Crippen LogP contribution in [0.3, 0.4) is 0 Å². The molecule has 0 heterocycles. The third-order valence-electron chi connectivity index (χ3n) is 3.66. The summed E-state index contributed by atoms with van der Waals surface area (Å²) in [7, 11) is 1.67. The molecule has 2 unspecified atom stereocenters. The first kappa shape index (κ1) is 14.0. The summed E-state index contributed by atoms with van der Waals surface area (Å²) in [6.07, 6.45) is 1.61. The number of benzene rings is 1. The molecule has 1 aromatic carbocycles. The van der Waals surface area contributed by atoms with Crippen molar-refractivity contribution in [3.8, 4) is 5.75 Å². The molecule has 0 amide bonds. The molecular weight excluding hydrogens is 212 g/mol. The highest BCUT2D eigenvalue weighted by Gasteiger charge is 2.28. The molecule has 2 nitrogen and oxygen atoms in total. The van der Waals surface area contributed by atoms with Crippen LogP contribution in [0, 0.1) is 12.8 Å². The lowest BCUT2D eigenvalue weighted by Crippen LogP contribution is -2.35. The second-order valence-corrected chi connectivity index (χ2v) is 5.16. The predicted octanol–water partition coefficient (Wildman–Crippen LogP) is 3.34. The van der Waals surface area contributed by atoms with E-state index in [2.05, 4.69) is 26.8 Å². The lowest BCUT2D eigenvalue weighted by atomic mass is 9.83. The molecule has 0 radical (unpaired) electrons.